The average Bonchev–Trinajstić information content (AvgIpc) is 3.10. The predicted molar refractivity (Wildman–Crippen MR) is 222 cm³/mol. The Labute approximate surface area is 344 Å². The average molecular weight is 832 g/mol. The first-order valence-corrected chi connectivity index (χ1v) is 20.1. The van der Waals surface area contributed by atoms with Crippen LogP contribution in [0.15, 0.2) is 31.6 Å². The lowest BCUT2D eigenvalue weighted by atomic mass is 10.00. The number of aromatic nitrogens is 4. The van der Waals surface area contributed by atoms with E-state index in [0.717, 1.165) is 9.13 Å². The highest BCUT2D eigenvalue weighted by Crippen LogP contribution is 2.17. The summed E-state index contributed by atoms with van der Waals surface area (Å²) in [5, 5.41) is 8.19. The number of aryl methyl sites for hydroxylation is 2. The molecule has 19 heteroatoms. The Morgan fingerprint density at radius 2 is 1.05 bits per heavy atom. The highest BCUT2D eigenvalue weighted by molar-refractivity contribution is 5.89. The van der Waals surface area contributed by atoms with Gasteiger partial charge in [0.15, 0.2) is 0 Å². The third-order valence-corrected chi connectivity index (χ3v) is 9.07. The third-order valence-electron chi connectivity index (χ3n) is 9.07. The molecule has 0 fully saturated rings. The van der Waals surface area contributed by atoms with E-state index < -0.39 is 83.0 Å². The molecule has 330 valence electrons. The monoisotopic (exact) mass is 831 g/mol. The number of hydrogen-bond donors (Lipinski definition) is 5. The molecular weight excluding hydrogens is 766 g/mol. The van der Waals surface area contributed by atoms with Crippen molar-refractivity contribution >= 4 is 29.7 Å². The molecule has 0 spiro atoms. The van der Waals surface area contributed by atoms with Crippen molar-refractivity contribution in [2.24, 2.45) is 17.8 Å². The maximum Gasteiger partial charge on any atom is 0.407 e. The van der Waals surface area contributed by atoms with E-state index in [9.17, 15) is 43.2 Å². The summed E-state index contributed by atoms with van der Waals surface area (Å²) in [6, 6.07) is -2.05. The first kappa shape index (κ1) is 49.7. The van der Waals surface area contributed by atoms with Crippen LogP contribution in [0.3, 0.4) is 0 Å². The van der Waals surface area contributed by atoms with Crippen molar-refractivity contribution in [3.8, 4) is 0 Å². The quantitative estimate of drug-likeness (QED) is 0.112. The Balaban J connectivity index is 2.44. The van der Waals surface area contributed by atoms with Gasteiger partial charge in [-0.05, 0) is 71.6 Å². The molecule has 2 rings (SSSR count). The summed E-state index contributed by atoms with van der Waals surface area (Å²) in [6.07, 6.45) is 2.90. The van der Waals surface area contributed by atoms with E-state index in [1.807, 2.05) is 41.5 Å². The molecule has 2 aromatic rings. The minimum Gasteiger partial charge on any atom is -0.444 e. The van der Waals surface area contributed by atoms with E-state index in [4.69, 9.17) is 4.74 Å². The number of alkyl carbamates (subject to hydrolysis) is 1. The second-order valence-corrected chi connectivity index (χ2v) is 17.1. The molecule has 5 N–H and O–H groups in total. The van der Waals surface area contributed by atoms with E-state index in [1.165, 1.54) is 36.0 Å². The van der Waals surface area contributed by atoms with Gasteiger partial charge in [0.05, 0.1) is 0 Å². The van der Waals surface area contributed by atoms with Gasteiger partial charge in [0.25, 0.3) is 11.1 Å². The van der Waals surface area contributed by atoms with Crippen LogP contribution in [-0.4, -0.2) is 109 Å². The maximum atomic E-state index is 14.1. The fourth-order valence-electron chi connectivity index (χ4n) is 6.10. The van der Waals surface area contributed by atoms with Gasteiger partial charge in [0, 0.05) is 56.2 Å². The SMILES string of the molecule is Cc1cn(CC(=O)N(CCNC(=O)C(CC(C)C)N(CCC(C)C)C(=O)Cn2cc(C)c(=O)[nH]c2=O)C(CC(C)C)C(=O)NCCNC(=O)OC(C)(C)C)c(=O)[nH]c1=O. The molecule has 19 nitrogen and oxygen atoms in total. The minimum atomic E-state index is -1.07. The fraction of sp³-hybridized carbons (Fsp3) is 0.675. The van der Waals surface area contributed by atoms with Gasteiger partial charge in [0.1, 0.15) is 30.8 Å². The number of carbonyl (C=O) groups excluding carboxylic acids is 5. The summed E-state index contributed by atoms with van der Waals surface area (Å²) in [7, 11) is 0. The van der Waals surface area contributed by atoms with Gasteiger partial charge >= 0.3 is 17.5 Å². The van der Waals surface area contributed by atoms with Gasteiger partial charge in [-0.25, -0.2) is 14.4 Å². The number of carbonyl (C=O) groups is 5. The van der Waals surface area contributed by atoms with Crippen LogP contribution in [0.1, 0.15) is 92.7 Å². The van der Waals surface area contributed by atoms with Crippen molar-refractivity contribution < 1.29 is 28.7 Å². The molecule has 0 saturated heterocycles. The number of nitrogens with one attached hydrogen (secondary N) is 5. The van der Waals surface area contributed by atoms with Crippen LogP contribution in [0.2, 0.25) is 0 Å². The molecule has 0 bridgehead atoms. The van der Waals surface area contributed by atoms with E-state index in [0.29, 0.717) is 6.42 Å². The molecule has 2 aromatic heterocycles. The topological polar surface area (TPSA) is 247 Å². The molecule has 0 aliphatic heterocycles. The summed E-state index contributed by atoms with van der Waals surface area (Å²) in [4.78, 5) is 124. The van der Waals surface area contributed by atoms with E-state index >= 15 is 0 Å². The van der Waals surface area contributed by atoms with E-state index in [1.54, 1.807) is 20.8 Å². The molecule has 0 saturated carbocycles. The Kier molecular flexibility index (Phi) is 19.0. The maximum absolute atomic E-state index is 14.1. The molecule has 5 amide bonds. The molecule has 0 aromatic carbocycles. The lowest BCUT2D eigenvalue weighted by Crippen LogP contribution is -2.56. The zero-order valence-corrected chi connectivity index (χ0v) is 36.5. The Morgan fingerprint density at radius 1 is 0.644 bits per heavy atom. The molecule has 0 aliphatic rings. The predicted octanol–water partition coefficient (Wildman–Crippen LogP) is 0.993. The summed E-state index contributed by atoms with van der Waals surface area (Å²) < 4.78 is 7.37. The van der Waals surface area contributed by atoms with Crippen molar-refractivity contribution in [3.63, 3.8) is 0 Å². The van der Waals surface area contributed by atoms with Crippen LogP contribution in [0.25, 0.3) is 0 Å². The van der Waals surface area contributed by atoms with Crippen molar-refractivity contribution in [3.05, 3.63) is 65.2 Å². The minimum absolute atomic E-state index is 0.00584. The summed E-state index contributed by atoms with van der Waals surface area (Å²) >= 11 is 0. The number of hydrogen-bond acceptors (Lipinski definition) is 10. The van der Waals surface area contributed by atoms with E-state index in [2.05, 4.69) is 25.9 Å². The summed E-state index contributed by atoms with van der Waals surface area (Å²) in [5.41, 5.74) is -3.03. The molecule has 2 heterocycles. The molecular formula is C40H65N9O10. The van der Waals surface area contributed by atoms with Gasteiger partial charge in [-0.2, -0.15) is 0 Å². The number of ether oxygens (including phenoxy) is 1. The van der Waals surface area contributed by atoms with Crippen LogP contribution in [0.5, 0.6) is 0 Å². The normalized spacial score (nSPS) is 12.6. The van der Waals surface area contributed by atoms with Gasteiger partial charge in [-0.3, -0.25) is 47.9 Å². The smallest absolute Gasteiger partial charge is 0.407 e. The molecule has 2 atom stereocenters. The lowest BCUT2D eigenvalue weighted by molar-refractivity contribution is -0.143. The van der Waals surface area contributed by atoms with Crippen LogP contribution in [-0.2, 0) is 37.0 Å². The van der Waals surface area contributed by atoms with Crippen LogP contribution in [0.4, 0.5) is 4.79 Å². The van der Waals surface area contributed by atoms with Crippen molar-refractivity contribution in [1.29, 1.82) is 0 Å². The Morgan fingerprint density at radius 3 is 1.46 bits per heavy atom. The number of amides is 5. The molecule has 0 radical (unpaired) electrons. The van der Waals surface area contributed by atoms with Crippen molar-refractivity contribution in [2.75, 3.05) is 32.7 Å². The largest absolute Gasteiger partial charge is 0.444 e. The van der Waals surface area contributed by atoms with Crippen LogP contribution in [0, 0.1) is 31.6 Å². The number of nitrogens with zero attached hydrogens (tertiary/aromatic N) is 4. The molecule has 59 heavy (non-hydrogen) atoms. The zero-order chi connectivity index (χ0) is 44.8. The highest BCUT2D eigenvalue weighted by atomic mass is 16.6. The van der Waals surface area contributed by atoms with Crippen molar-refractivity contribution in [2.45, 2.75) is 126 Å². The number of H-pyrrole nitrogens is 2. The van der Waals surface area contributed by atoms with Gasteiger partial charge in [-0.1, -0.05) is 41.5 Å². The lowest BCUT2D eigenvalue weighted by Gasteiger charge is -2.34. The number of rotatable bonds is 21. The Hall–Kier alpha value is -5.49. The van der Waals surface area contributed by atoms with Crippen LogP contribution >= 0.6 is 0 Å². The van der Waals surface area contributed by atoms with Gasteiger partial charge in [0.2, 0.25) is 23.6 Å². The van der Waals surface area contributed by atoms with E-state index in [-0.39, 0.29) is 74.4 Å². The van der Waals surface area contributed by atoms with Crippen LogP contribution < -0.4 is 38.4 Å². The second kappa shape index (κ2) is 22.6. The standard InChI is InChI=1S/C40H65N9O10/c1-24(2)12-16-48(31(50)22-46-20-27(7)33(52)44-37(46)56)29(18-25(3)4)36(55)42-15-17-49(32(51)23-47-21-28(8)34(53)45-38(47)57)30(19-26(5)6)35(54)41-13-14-43-39(58)59-40(9,10)11/h20-21,24-26,29-30H,12-19,22-23H2,1-11H3,(H,41,54)(H,42,55)(H,43,58)(H,44,52,56)(H,45,53,57). The fourth-order valence-corrected chi connectivity index (χ4v) is 6.10. The third kappa shape index (κ3) is 16.7. The molecule has 2 unspecified atom stereocenters. The van der Waals surface area contributed by atoms with Gasteiger partial charge < -0.3 is 30.5 Å². The highest BCUT2D eigenvalue weighted by Gasteiger charge is 2.33. The Bertz CT molecular complexity index is 2010. The first-order chi connectivity index (χ1) is 27.4. The summed E-state index contributed by atoms with van der Waals surface area (Å²) in [5.74, 6) is -2.17. The zero-order valence-electron chi connectivity index (χ0n) is 36.5. The summed E-state index contributed by atoms with van der Waals surface area (Å²) in [6.45, 7) is 18.6. The van der Waals surface area contributed by atoms with Gasteiger partial charge in [-0.15, -0.1) is 0 Å². The first-order valence-electron chi connectivity index (χ1n) is 20.1. The molecule has 0 aliphatic carbocycles. The number of aromatic amines is 2. The van der Waals surface area contributed by atoms with Crippen molar-refractivity contribution in [1.82, 2.24) is 44.9 Å². The second-order valence-electron chi connectivity index (χ2n) is 17.1.